The number of carbonyl (C=O) groups excluding carboxylic acids is 1. The van der Waals surface area contributed by atoms with Crippen LogP contribution in [0, 0.1) is 6.92 Å². The Kier molecular flexibility index (Phi) is 7.00. The highest BCUT2D eigenvalue weighted by Gasteiger charge is 2.20. The van der Waals surface area contributed by atoms with E-state index >= 15 is 0 Å². The molecule has 1 unspecified atom stereocenters. The number of carbonyl (C=O) groups is 1. The van der Waals surface area contributed by atoms with Crippen LogP contribution < -0.4 is 14.8 Å². The first kappa shape index (κ1) is 21.7. The summed E-state index contributed by atoms with van der Waals surface area (Å²) in [5.41, 5.74) is 3.28. The first-order valence-electron chi connectivity index (χ1n) is 9.87. The maximum absolute atomic E-state index is 12.9. The van der Waals surface area contributed by atoms with Crippen molar-refractivity contribution in [2.75, 3.05) is 13.7 Å². The number of ether oxygens (including phenoxy) is 2. The van der Waals surface area contributed by atoms with Crippen LogP contribution in [0.25, 0.3) is 5.69 Å². The maximum atomic E-state index is 12.9. The zero-order valence-corrected chi connectivity index (χ0v) is 18.4. The fraction of sp³-hybridized carbons (Fsp3) is 0.304. The van der Waals surface area contributed by atoms with E-state index in [-0.39, 0.29) is 11.9 Å². The number of hydrogen-bond donors (Lipinski definition) is 1. The van der Waals surface area contributed by atoms with E-state index in [0.29, 0.717) is 28.7 Å². The van der Waals surface area contributed by atoms with Crippen molar-refractivity contribution < 1.29 is 14.3 Å². The van der Waals surface area contributed by atoms with Gasteiger partial charge >= 0.3 is 0 Å². The van der Waals surface area contributed by atoms with Crippen molar-refractivity contribution in [3.05, 3.63) is 70.5 Å². The van der Waals surface area contributed by atoms with Crippen LogP contribution in [0.15, 0.2) is 48.7 Å². The van der Waals surface area contributed by atoms with Gasteiger partial charge in [-0.2, -0.15) is 5.10 Å². The van der Waals surface area contributed by atoms with Crippen molar-refractivity contribution in [3.63, 3.8) is 0 Å². The first-order chi connectivity index (χ1) is 14.5. The van der Waals surface area contributed by atoms with Gasteiger partial charge in [0.2, 0.25) is 0 Å². The molecule has 1 atom stereocenters. The third-order valence-electron chi connectivity index (χ3n) is 4.80. The lowest BCUT2D eigenvalue weighted by Gasteiger charge is -2.16. The van der Waals surface area contributed by atoms with Gasteiger partial charge in [0.05, 0.1) is 36.7 Å². The predicted octanol–water partition coefficient (Wildman–Crippen LogP) is 5.12. The van der Waals surface area contributed by atoms with Crippen LogP contribution in [0.3, 0.4) is 0 Å². The summed E-state index contributed by atoms with van der Waals surface area (Å²) in [5, 5.41) is 7.83. The molecule has 1 amide bonds. The van der Waals surface area contributed by atoms with Crippen LogP contribution in [0.4, 0.5) is 0 Å². The van der Waals surface area contributed by atoms with Crippen molar-refractivity contribution in [2.45, 2.75) is 33.2 Å². The van der Waals surface area contributed by atoms with Gasteiger partial charge < -0.3 is 14.8 Å². The summed E-state index contributed by atoms with van der Waals surface area (Å²) in [6.45, 7) is 6.43. The molecule has 0 aliphatic carbocycles. The van der Waals surface area contributed by atoms with Gasteiger partial charge in [0.1, 0.15) is 0 Å². The number of nitrogens with zero attached hydrogens (tertiary/aromatic N) is 2. The molecule has 2 aromatic carbocycles. The number of methoxy groups -OCH3 is 1. The lowest BCUT2D eigenvalue weighted by molar-refractivity contribution is 0.0939. The summed E-state index contributed by atoms with van der Waals surface area (Å²) >= 11 is 6.34. The fourth-order valence-electron chi connectivity index (χ4n) is 3.23. The van der Waals surface area contributed by atoms with Crippen LogP contribution >= 0.6 is 11.6 Å². The van der Waals surface area contributed by atoms with Gasteiger partial charge in [0, 0.05) is 16.8 Å². The molecule has 0 bridgehead atoms. The van der Waals surface area contributed by atoms with E-state index in [1.54, 1.807) is 18.3 Å². The Bertz CT molecular complexity index is 1020. The second-order valence-electron chi connectivity index (χ2n) is 6.97. The average Bonchev–Trinajstić information content (AvgIpc) is 3.14. The number of aromatic nitrogens is 2. The average molecular weight is 428 g/mol. The maximum Gasteiger partial charge on any atom is 0.251 e. The molecule has 1 heterocycles. The van der Waals surface area contributed by atoms with Crippen LogP contribution in [-0.2, 0) is 0 Å². The molecule has 0 aliphatic rings. The molecule has 158 valence electrons. The molecule has 1 N–H and O–H groups in total. The highest BCUT2D eigenvalue weighted by Crippen LogP contribution is 2.36. The summed E-state index contributed by atoms with van der Waals surface area (Å²) in [6.07, 6.45) is 2.62. The molecule has 0 spiro atoms. The van der Waals surface area contributed by atoms with Crippen LogP contribution in [-0.4, -0.2) is 29.4 Å². The van der Waals surface area contributed by atoms with Crippen LogP contribution in [0.2, 0.25) is 5.02 Å². The van der Waals surface area contributed by atoms with Gasteiger partial charge in [-0.25, -0.2) is 4.68 Å². The second kappa shape index (κ2) is 9.67. The molecule has 0 saturated heterocycles. The lowest BCUT2D eigenvalue weighted by Crippen LogP contribution is -2.27. The molecule has 7 heteroatoms. The van der Waals surface area contributed by atoms with E-state index in [4.69, 9.17) is 21.1 Å². The minimum absolute atomic E-state index is 0.240. The summed E-state index contributed by atoms with van der Waals surface area (Å²) in [6, 6.07) is 12.9. The van der Waals surface area contributed by atoms with Gasteiger partial charge in [-0.3, -0.25) is 4.79 Å². The minimum Gasteiger partial charge on any atom is -0.493 e. The number of rotatable bonds is 8. The Morgan fingerprint density at radius 1 is 1.27 bits per heavy atom. The molecule has 0 aliphatic heterocycles. The van der Waals surface area contributed by atoms with Gasteiger partial charge in [0.15, 0.2) is 11.5 Å². The standard InChI is InChI=1S/C23H26ClN3O3/c1-5-11-30-22-20(24)12-17(13-21(22)29-4)23(28)26-15(2)19-14-25-27(16(19)3)18-9-7-6-8-10-18/h6-10,12-15H,5,11H2,1-4H3,(H,26,28). The Hall–Kier alpha value is -2.99. The normalized spacial score (nSPS) is 11.8. The second-order valence-corrected chi connectivity index (χ2v) is 7.37. The number of halogens is 1. The first-order valence-corrected chi connectivity index (χ1v) is 10.2. The third-order valence-corrected chi connectivity index (χ3v) is 5.09. The zero-order chi connectivity index (χ0) is 21.7. The smallest absolute Gasteiger partial charge is 0.251 e. The SMILES string of the molecule is CCCOc1c(Cl)cc(C(=O)NC(C)c2cnn(-c3ccccc3)c2C)cc1OC. The summed E-state index contributed by atoms with van der Waals surface area (Å²) in [4.78, 5) is 12.9. The van der Waals surface area contributed by atoms with Crippen molar-refractivity contribution >= 4 is 17.5 Å². The van der Waals surface area contributed by atoms with E-state index in [0.717, 1.165) is 23.4 Å². The van der Waals surface area contributed by atoms with E-state index < -0.39 is 0 Å². The quantitative estimate of drug-likeness (QED) is 0.541. The van der Waals surface area contributed by atoms with E-state index in [2.05, 4.69) is 10.4 Å². The number of benzene rings is 2. The summed E-state index contributed by atoms with van der Waals surface area (Å²) < 4.78 is 12.9. The third kappa shape index (κ3) is 4.60. The van der Waals surface area contributed by atoms with Crippen molar-refractivity contribution in [1.82, 2.24) is 15.1 Å². The number of hydrogen-bond acceptors (Lipinski definition) is 4. The Morgan fingerprint density at radius 2 is 2.00 bits per heavy atom. The van der Waals surface area contributed by atoms with E-state index in [9.17, 15) is 4.79 Å². The molecule has 0 fully saturated rings. The number of para-hydroxylation sites is 1. The molecular formula is C23H26ClN3O3. The largest absolute Gasteiger partial charge is 0.493 e. The van der Waals surface area contributed by atoms with E-state index in [1.807, 2.05) is 55.8 Å². The van der Waals surface area contributed by atoms with Gasteiger partial charge in [-0.05, 0) is 44.5 Å². The lowest BCUT2D eigenvalue weighted by atomic mass is 10.1. The molecule has 3 aromatic rings. The van der Waals surface area contributed by atoms with Crippen molar-refractivity contribution in [2.24, 2.45) is 0 Å². The van der Waals surface area contributed by atoms with Crippen molar-refractivity contribution in [3.8, 4) is 17.2 Å². The molecule has 6 nitrogen and oxygen atoms in total. The highest BCUT2D eigenvalue weighted by atomic mass is 35.5. The molecule has 0 radical (unpaired) electrons. The molecule has 3 rings (SSSR count). The molecule has 1 aromatic heterocycles. The fourth-order valence-corrected chi connectivity index (χ4v) is 3.49. The van der Waals surface area contributed by atoms with Gasteiger partial charge in [0.25, 0.3) is 5.91 Å². The minimum atomic E-state index is -0.253. The number of nitrogens with one attached hydrogen (secondary N) is 1. The Balaban J connectivity index is 1.79. The van der Waals surface area contributed by atoms with E-state index in [1.165, 1.54) is 7.11 Å². The molecular weight excluding hydrogens is 402 g/mol. The Labute approximate surface area is 181 Å². The van der Waals surface area contributed by atoms with Gasteiger partial charge in [-0.1, -0.05) is 36.7 Å². The molecule has 0 saturated carbocycles. The highest BCUT2D eigenvalue weighted by molar-refractivity contribution is 6.32. The molecule has 30 heavy (non-hydrogen) atoms. The van der Waals surface area contributed by atoms with Crippen LogP contribution in [0.1, 0.15) is 47.9 Å². The topological polar surface area (TPSA) is 65.4 Å². The number of amides is 1. The van der Waals surface area contributed by atoms with Crippen molar-refractivity contribution in [1.29, 1.82) is 0 Å². The summed E-state index contributed by atoms with van der Waals surface area (Å²) in [7, 11) is 1.52. The predicted molar refractivity (Wildman–Crippen MR) is 118 cm³/mol. The monoisotopic (exact) mass is 427 g/mol. The Morgan fingerprint density at radius 3 is 2.67 bits per heavy atom. The van der Waals surface area contributed by atoms with Crippen LogP contribution in [0.5, 0.6) is 11.5 Å². The van der Waals surface area contributed by atoms with Gasteiger partial charge in [-0.15, -0.1) is 0 Å². The summed E-state index contributed by atoms with van der Waals surface area (Å²) in [5.74, 6) is 0.629. The zero-order valence-electron chi connectivity index (χ0n) is 17.6.